The van der Waals surface area contributed by atoms with Crippen LogP contribution in [0.25, 0.3) is 0 Å². The molecule has 0 spiro atoms. The number of amides is 1. The largest absolute Gasteiger partial charge is 0.321 e. The fourth-order valence-corrected chi connectivity index (χ4v) is 2.10. The van der Waals surface area contributed by atoms with Crippen molar-refractivity contribution in [2.45, 2.75) is 6.92 Å². The van der Waals surface area contributed by atoms with Crippen LogP contribution in [0.15, 0.2) is 34.8 Å². The van der Waals surface area contributed by atoms with Crippen LogP contribution in [-0.4, -0.2) is 5.91 Å². The van der Waals surface area contributed by atoms with Crippen LogP contribution in [0.3, 0.4) is 0 Å². The second kappa shape index (κ2) is 6.02. The molecule has 1 N–H and O–H groups in total. The fourth-order valence-electron chi connectivity index (χ4n) is 1.74. The standard InChI is InChI=1S/C15H9BrF2N2O/c1-8-4-11(13(18)6-12(8)17)15(21)20-14-5-10(16)3-2-9(14)7-19/h2-6H,1H3,(H,20,21). The summed E-state index contributed by atoms with van der Waals surface area (Å²) in [5.41, 5.74) is 0.373. The second-order valence-electron chi connectivity index (χ2n) is 4.34. The lowest BCUT2D eigenvalue weighted by molar-refractivity contribution is 0.102. The van der Waals surface area contributed by atoms with E-state index in [1.807, 2.05) is 6.07 Å². The molecule has 0 aliphatic carbocycles. The van der Waals surface area contributed by atoms with Crippen molar-refractivity contribution in [1.29, 1.82) is 5.26 Å². The van der Waals surface area contributed by atoms with Crippen molar-refractivity contribution in [3.8, 4) is 6.07 Å². The molecule has 106 valence electrons. The highest BCUT2D eigenvalue weighted by Crippen LogP contribution is 2.22. The van der Waals surface area contributed by atoms with Crippen molar-refractivity contribution in [2.75, 3.05) is 5.32 Å². The first kappa shape index (κ1) is 15.1. The van der Waals surface area contributed by atoms with Gasteiger partial charge in [0.2, 0.25) is 0 Å². The monoisotopic (exact) mass is 350 g/mol. The number of hydrogen-bond donors (Lipinski definition) is 1. The Bertz CT molecular complexity index is 769. The van der Waals surface area contributed by atoms with E-state index < -0.39 is 17.5 Å². The lowest BCUT2D eigenvalue weighted by atomic mass is 10.1. The Balaban J connectivity index is 2.37. The quantitative estimate of drug-likeness (QED) is 0.883. The number of aryl methyl sites for hydroxylation is 1. The maximum absolute atomic E-state index is 13.7. The predicted molar refractivity (Wildman–Crippen MR) is 77.9 cm³/mol. The molecule has 1 amide bonds. The van der Waals surface area contributed by atoms with Gasteiger partial charge in [0.25, 0.3) is 5.91 Å². The van der Waals surface area contributed by atoms with Crippen LogP contribution in [-0.2, 0) is 0 Å². The maximum Gasteiger partial charge on any atom is 0.258 e. The zero-order chi connectivity index (χ0) is 15.6. The van der Waals surface area contributed by atoms with Crippen molar-refractivity contribution in [3.63, 3.8) is 0 Å². The molecule has 21 heavy (non-hydrogen) atoms. The summed E-state index contributed by atoms with van der Waals surface area (Å²) in [7, 11) is 0. The molecule has 0 fully saturated rings. The first-order valence-electron chi connectivity index (χ1n) is 5.89. The molecule has 0 aliphatic heterocycles. The third kappa shape index (κ3) is 3.26. The van der Waals surface area contributed by atoms with Crippen LogP contribution >= 0.6 is 15.9 Å². The average molecular weight is 351 g/mol. The Morgan fingerprint density at radius 2 is 1.95 bits per heavy atom. The molecule has 0 atom stereocenters. The molecule has 3 nitrogen and oxygen atoms in total. The number of benzene rings is 2. The summed E-state index contributed by atoms with van der Waals surface area (Å²) in [6.07, 6.45) is 0. The number of anilines is 1. The minimum Gasteiger partial charge on any atom is -0.321 e. The smallest absolute Gasteiger partial charge is 0.258 e. The summed E-state index contributed by atoms with van der Waals surface area (Å²) in [6, 6.07) is 8.42. The number of nitriles is 1. The lowest BCUT2D eigenvalue weighted by Crippen LogP contribution is -2.15. The molecule has 6 heteroatoms. The summed E-state index contributed by atoms with van der Waals surface area (Å²) in [4.78, 5) is 12.1. The number of nitrogens with zero attached hydrogens (tertiary/aromatic N) is 1. The van der Waals surface area contributed by atoms with Gasteiger partial charge in [0.05, 0.1) is 16.8 Å². The van der Waals surface area contributed by atoms with Gasteiger partial charge in [0, 0.05) is 10.5 Å². The Hall–Kier alpha value is -2.26. The average Bonchev–Trinajstić information content (AvgIpc) is 2.43. The van der Waals surface area contributed by atoms with E-state index >= 15 is 0 Å². The van der Waals surface area contributed by atoms with E-state index in [1.165, 1.54) is 19.1 Å². The summed E-state index contributed by atoms with van der Waals surface area (Å²) in [5.74, 6) is -2.42. The van der Waals surface area contributed by atoms with Crippen molar-refractivity contribution in [2.24, 2.45) is 0 Å². The van der Waals surface area contributed by atoms with Gasteiger partial charge in [-0.3, -0.25) is 4.79 Å². The maximum atomic E-state index is 13.7. The highest BCUT2D eigenvalue weighted by atomic mass is 79.9. The summed E-state index contributed by atoms with van der Waals surface area (Å²) < 4.78 is 27.5. The van der Waals surface area contributed by atoms with Gasteiger partial charge in [-0.2, -0.15) is 5.26 Å². The molecule has 2 aromatic carbocycles. The number of carbonyl (C=O) groups is 1. The molecule has 0 saturated heterocycles. The Morgan fingerprint density at radius 3 is 2.62 bits per heavy atom. The zero-order valence-electron chi connectivity index (χ0n) is 10.9. The fraction of sp³-hybridized carbons (Fsp3) is 0.0667. The minimum atomic E-state index is -0.955. The van der Waals surface area contributed by atoms with Crippen LogP contribution in [0.5, 0.6) is 0 Å². The molecular formula is C15H9BrF2N2O. The predicted octanol–water partition coefficient (Wildman–Crippen LogP) is 4.16. The van der Waals surface area contributed by atoms with Gasteiger partial charge in [-0.05, 0) is 36.8 Å². The summed E-state index contributed by atoms with van der Waals surface area (Å²) >= 11 is 3.22. The normalized spacial score (nSPS) is 10.0. The number of hydrogen-bond acceptors (Lipinski definition) is 2. The molecule has 0 heterocycles. The minimum absolute atomic E-state index is 0.163. The molecule has 0 saturated carbocycles. The highest BCUT2D eigenvalue weighted by Gasteiger charge is 2.16. The van der Waals surface area contributed by atoms with Gasteiger partial charge >= 0.3 is 0 Å². The number of nitrogens with one attached hydrogen (secondary N) is 1. The second-order valence-corrected chi connectivity index (χ2v) is 5.25. The van der Waals surface area contributed by atoms with Gasteiger partial charge in [-0.1, -0.05) is 15.9 Å². The number of halogens is 3. The Kier molecular flexibility index (Phi) is 4.34. The SMILES string of the molecule is Cc1cc(C(=O)Nc2cc(Br)ccc2C#N)c(F)cc1F. The van der Waals surface area contributed by atoms with Crippen LogP contribution in [0.2, 0.25) is 0 Å². The highest BCUT2D eigenvalue weighted by molar-refractivity contribution is 9.10. The van der Waals surface area contributed by atoms with Crippen LogP contribution in [0.1, 0.15) is 21.5 Å². The molecule has 0 radical (unpaired) electrons. The van der Waals surface area contributed by atoms with Crippen molar-refractivity contribution in [1.82, 2.24) is 0 Å². The molecule has 0 aromatic heterocycles. The lowest BCUT2D eigenvalue weighted by Gasteiger charge is -2.09. The van der Waals surface area contributed by atoms with Gasteiger partial charge in [-0.25, -0.2) is 8.78 Å². The molecule has 2 rings (SSSR count). The summed E-state index contributed by atoms with van der Waals surface area (Å²) in [5, 5.41) is 11.4. The van der Waals surface area contributed by atoms with Gasteiger partial charge < -0.3 is 5.32 Å². The number of rotatable bonds is 2. The Labute approximate surface area is 128 Å². The van der Waals surface area contributed by atoms with E-state index in [2.05, 4.69) is 21.2 Å². The molecule has 2 aromatic rings. The van der Waals surface area contributed by atoms with Gasteiger partial charge in [-0.15, -0.1) is 0 Å². The van der Waals surface area contributed by atoms with E-state index in [4.69, 9.17) is 5.26 Å². The van der Waals surface area contributed by atoms with Gasteiger partial charge in [0.1, 0.15) is 17.7 Å². The molecule has 0 bridgehead atoms. The topological polar surface area (TPSA) is 52.9 Å². The van der Waals surface area contributed by atoms with E-state index in [0.29, 0.717) is 10.5 Å². The van der Waals surface area contributed by atoms with E-state index in [-0.39, 0.29) is 22.4 Å². The summed E-state index contributed by atoms with van der Waals surface area (Å²) in [6.45, 7) is 1.44. The van der Waals surface area contributed by atoms with Gasteiger partial charge in [0.15, 0.2) is 0 Å². The van der Waals surface area contributed by atoms with Crippen LogP contribution in [0.4, 0.5) is 14.5 Å². The van der Waals surface area contributed by atoms with Crippen molar-refractivity contribution >= 4 is 27.5 Å². The van der Waals surface area contributed by atoms with Crippen molar-refractivity contribution < 1.29 is 13.6 Å². The molecule has 0 aliphatic rings. The Morgan fingerprint density at radius 1 is 1.24 bits per heavy atom. The van der Waals surface area contributed by atoms with E-state index in [1.54, 1.807) is 6.07 Å². The third-order valence-electron chi connectivity index (χ3n) is 2.84. The first-order valence-corrected chi connectivity index (χ1v) is 6.68. The van der Waals surface area contributed by atoms with E-state index in [9.17, 15) is 13.6 Å². The van der Waals surface area contributed by atoms with E-state index in [0.717, 1.165) is 6.07 Å². The number of carbonyl (C=O) groups excluding carboxylic acids is 1. The zero-order valence-corrected chi connectivity index (χ0v) is 12.5. The van der Waals surface area contributed by atoms with Crippen LogP contribution in [0, 0.1) is 29.9 Å². The van der Waals surface area contributed by atoms with Crippen LogP contribution < -0.4 is 5.32 Å². The first-order chi connectivity index (χ1) is 9.92. The molecule has 0 unspecified atom stereocenters. The third-order valence-corrected chi connectivity index (χ3v) is 3.34. The van der Waals surface area contributed by atoms with Crippen molar-refractivity contribution in [3.05, 3.63) is 63.1 Å². The molecular weight excluding hydrogens is 342 g/mol.